The highest BCUT2D eigenvalue weighted by atomic mass is 127. The maximum Gasteiger partial charge on any atom is 0.401 e. The predicted molar refractivity (Wildman–Crippen MR) is 127 cm³/mol. The molecule has 1 saturated carbocycles. The van der Waals surface area contributed by atoms with Crippen molar-refractivity contribution in [3.05, 3.63) is 0 Å². The smallest absolute Gasteiger partial charge is 0.385 e. The minimum Gasteiger partial charge on any atom is -0.385 e. The summed E-state index contributed by atoms with van der Waals surface area (Å²) in [6.07, 6.45) is 4.60. The standard InChI is InChI=1S/C21H39F3N4O.HI/c1-3-25-19(27-16-20(11-15-29-2)9-4-5-10-20)26-12-6-18-7-13-28(14-8-18)17-21(22,23)24;/h18H,3-17H2,1-2H3,(H2,25,26,27);1H. The van der Waals surface area contributed by atoms with Crippen LogP contribution in [-0.2, 0) is 4.74 Å². The van der Waals surface area contributed by atoms with Crippen molar-refractivity contribution in [3.8, 4) is 0 Å². The third-order valence-corrected chi connectivity index (χ3v) is 6.37. The first-order valence-electron chi connectivity index (χ1n) is 11.2. The maximum absolute atomic E-state index is 12.5. The normalized spacial score (nSPS) is 20.8. The predicted octanol–water partition coefficient (Wildman–Crippen LogP) is 4.42. The lowest BCUT2D eigenvalue weighted by Gasteiger charge is -2.32. The van der Waals surface area contributed by atoms with Gasteiger partial charge in [0.1, 0.15) is 0 Å². The van der Waals surface area contributed by atoms with Gasteiger partial charge in [0.25, 0.3) is 0 Å². The molecule has 0 spiro atoms. The van der Waals surface area contributed by atoms with Crippen LogP contribution < -0.4 is 10.6 Å². The van der Waals surface area contributed by atoms with E-state index in [1.165, 1.54) is 30.6 Å². The molecule has 1 aliphatic heterocycles. The van der Waals surface area contributed by atoms with Crippen molar-refractivity contribution < 1.29 is 17.9 Å². The van der Waals surface area contributed by atoms with Gasteiger partial charge in [0, 0.05) is 33.4 Å². The van der Waals surface area contributed by atoms with E-state index in [-0.39, 0.29) is 29.4 Å². The van der Waals surface area contributed by atoms with E-state index < -0.39 is 12.7 Å². The highest BCUT2D eigenvalue weighted by molar-refractivity contribution is 14.0. The van der Waals surface area contributed by atoms with Crippen LogP contribution in [0.4, 0.5) is 13.2 Å². The molecule has 0 bridgehead atoms. The third kappa shape index (κ3) is 10.3. The average Bonchev–Trinajstić information content (AvgIpc) is 3.14. The molecule has 0 radical (unpaired) electrons. The molecule has 2 aliphatic rings. The average molecular weight is 548 g/mol. The molecule has 0 aromatic heterocycles. The number of ether oxygens (including phenoxy) is 1. The van der Waals surface area contributed by atoms with Gasteiger partial charge in [-0.15, -0.1) is 24.0 Å². The van der Waals surface area contributed by atoms with Gasteiger partial charge in [-0.3, -0.25) is 9.89 Å². The SMILES string of the molecule is CCNC(=NCC1(CCOC)CCCC1)NCCC1CCN(CC(F)(F)F)CC1.I. The Kier molecular flexibility index (Phi) is 12.9. The Morgan fingerprint density at radius 1 is 1.17 bits per heavy atom. The number of halogens is 4. The van der Waals surface area contributed by atoms with E-state index in [9.17, 15) is 13.2 Å². The Bertz CT molecular complexity index is 491. The Morgan fingerprint density at radius 2 is 1.83 bits per heavy atom. The Balaban J connectivity index is 0.00000450. The van der Waals surface area contributed by atoms with Gasteiger partial charge in [-0.05, 0) is 69.9 Å². The van der Waals surface area contributed by atoms with Gasteiger partial charge >= 0.3 is 6.18 Å². The van der Waals surface area contributed by atoms with Gasteiger partial charge in [0.15, 0.2) is 5.96 Å². The first kappa shape index (κ1) is 27.7. The molecule has 0 aromatic rings. The largest absolute Gasteiger partial charge is 0.401 e. The lowest BCUT2D eigenvalue weighted by molar-refractivity contribution is -0.148. The number of likely N-dealkylation sites (tertiary alicyclic amines) is 1. The fourth-order valence-electron chi connectivity index (χ4n) is 4.60. The van der Waals surface area contributed by atoms with Gasteiger partial charge in [-0.2, -0.15) is 13.2 Å². The van der Waals surface area contributed by atoms with E-state index in [1.54, 1.807) is 7.11 Å². The fourth-order valence-corrected chi connectivity index (χ4v) is 4.60. The number of alkyl halides is 3. The van der Waals surface area contributed by atoms with E-state index in [4.69, 9.17) is 9.73 Å². The van der Waals surface area contributed by atoms with Gasteiger partial charge < -0.3 is 15.4 Å². The quantitative estimate of drug-likeness (QED) is 0.241. The van der Waals surface area contributed by atoms with Crippen molar-refractivity contribution in [1.29, 1.82) is 0 Å². The molecular formula is C21H40F3IN4O. The molecular weight excluding hydrogens is 508 g/mol. The lowest BCUT2D eigenvalue weighted by atomic mass is 9.83. The second kappa shape index (κ2) is 14.0. The van der Waals surface area contributed by atoms with Crippen LogP contribution in [0.5, 0.6) is 0 Å². The van der Waals surface area contributed by atoms with E-state index in [0.29, 0.717) is 19.0 Å². The zero-order chi connectivity index (χ0) is 21.2. The molecule has 0 aromatic carbocycles. The van der Waals surface area contributed by atoms with E-state index >= 15 is 0 Å². The van der Waals surface area contributed by atoms with Crippen molar-refractivity contribution in [2.24, 2.45) is 16.3 Å². The summed E-state index contributed by atoms with van der Waals surface area (Å²) in [5.41, 5.74) is 0.268. The van der Waals surface area contributed by atoms with Crippen LogP contribution in [0.3, 0.4) is 0 Å². The van der Waals surface area contributed by atoms with Crippen LogP contribution in [-0.4, -0.2) is 70.0 Å². The topological polar surface area (TPSA) is 48.9 Å². The fraction of sp³-hybridized carbons (Fsp3) is 0.952. The summed E-state index contributed by atoms with van der Waals surface area (Å²) in [7, 11) is 1.76. The first-order chi connectivity index (χ1) is 13.9. The molecule has 1 saturated heterocycles. The highest BCUT2D eigenvalue weighted by Gasteiger charge is 2.34. The van der Waals surface area contributed by atoms with Crippen LogP contribution in [0.15, 0.2) is 4.99 Å². The number of piperidine rings is 1. The van der Waals surface area contributed by atoms with Crippen molar-refractivity contribution in [3.63, 3.8) is 0 Å². The third-order valence-electron chi connectivity index (χ3n) is 6.37. The summed E-state index contributed by atoms with van der Waals surface area (Å²) < 4.78 is 42.8. The highest BCUT2D eigenvalue weighted by Crippen LogP contribution is 2.41. The Hall–Kier alpha value is -0.290. The van der Waals surface area contributed by atoms with Crippen molar-refractivity contribution in [2.75, 3.05) is 53.0 Å². The molecule has 2 N–H and O–H groups in total. The lowest BCUT2D eigenvalue weighted by Crippen LogP contribution is -2.42. The van der Waals surface area contributed by atoms with Crippen LogP contribution in [0.2, 0.25) is 0 Å². The van der Waals surface area contributed by atoms with E-state index in [0.717, 1.165) is 57.9 Å². The Labute approximate surface area is 197 Å². The molecule has 2 rings (SSSR count). The van der Waals surface area contributed by atoms with Crippen molar-refractivity contribution in [2.45, 2.75) is 64.5 Å². The van der Waals surface area contributed by atoms with Crippen molar-refractivity contribution in [1.82, 2.24) is 15.5 Å². The molecule has 5 nitrogen and oxygen atoms in total. The van der Waals surface area contributed by atoms with Gasteiger partial charge in [0.2, 0.25) is 0 Å². The van der Waals surface area contributed by atoms with Gasteiger partial charge in [-0.25, -0.2) is 0 Å². The molecule has 1 heterocycles. The number of aliphatic imine (C=N–C) groups is 1. The van der Waals surface area contributed by atoms with Crippen LogP contribution in [0.25, 0.3) is 0 Å². The number of nitrogens with one attached hydrogen (secondary N) is 2. The van der Waals surface area contributed by atoms with Gasteiger partial charge in [-0.1, -0.05) is 12.8 Å². The summed E-state index contributed by atoms with van der Waals surface area (Å²) in [5.74, 6) is 1.34. The van der Waals surface area contributed by atoms with Crippen molar-refractivity contribution >= 4 is 29.9 Å². The summed E-state index contributed by atoms with van der Waals surface area (Å²) in [6.45, 7) is 5.59. The number of nitrogens with zero attached hydrogens (tertiary/aromatic N) is 2. The monoisotopic (exact) mass is 548 g/mol. The molecule has 2 fully saturated rings. The second-order valence-corrected chi connectivity index (χ2v) is 8.70. The molecule has 0 amide bonds. The van der Waals surface area contributed by atoms with Crippen LogP contribution in [0.1, 0.15) is 58.3 Å². The van der Waals surface area contributed by atoms with E-state index in [2.05, 4.69) is 17.6 Å². The number of hydrogen-bond acceptors (Lipinski definition) is 3. The summed E-state index contributed by atoms with van der Waals surface area (Å²) >= 11 is 0. The van der Waals surface area contributed by atoms with Gasteiger partial charge in [0.05, 0.1) is 6.54 Å². The number of hydrogen-bond donors (Lipinski definition) is 2. The summed E-state index contributed by atoms with van der Waals surface area (Å²) in [5, 5.41) is 6.75. The first-order valence-corrected chi connectivity index (χ1v) is 11.2. The molecule has 0 unspecified atom stereocenters. The maximum atomic E-state index is 12.5. The Morgan fingerprint density at radius 3 is 2.40 bits per heavy atom. The zero-order valence-corrected chi connectivity index (χ0v) is 20.9. The summed E-state index contributed by atoms with van der Waals surface area (Å²) in [6, 6.07) is 0. The van der Waals surface area contributed by atoms with Crippen LogP contribution >= 0.6 is 24.0 Å². The second-order valence-electron chi connectivity index (χ2n) is 8.70. The molecule has 178 valence electrons. The molecule has 30 heavy (non-hydrogen) atoms. The molecule has 0 atom stereocenters. The van der Waals surface area contributed by atoms with Crippen LogP contribution in [0, 0.1) is 11.3 Å². The summed E-state index contributed by atoms with van der Waals surface area (Å²) in [4.78, 5) is 6.39. The number of guanidine groups is 1. The number of rotatable bonds is 10. The molecule has 1 aliphatic carbocycles. The zero-order valence-electron chi connectivity index (χ0n) is 18.5. The number of methoxy groups -OCH3 is 1. The minimum atomic E-state index is -4.09. The minimum absolute atomic E-state index is 0. The molecule has 9 heteroatoms. The van der Waals surface area contributed by atoms with E-state index in [1.807, 2.05) is 0 Å².